The summed E-state index contributed by atoms with van der Waals surface area (Å²) in [6, 6.07) is 0.666. The molecule has 1 fully saturated rings. The summed E-state index contributed by atoms with van der Waals surface area (Å²) in [5, 5.41) is 3.48. The van der Waals surface area contributed by atoms with Crippen molar-refractivity contribution in [3.63, 3.8) is 0 Å². The van der Waals surface area contributed by atoms with Crippen LogP contribution in [0.1, 0.15) is 77.1 Å². The molecule has 3 heteroatoms. The Morgan fingerprint density at radius 1 is 1.14 bits per heavy atom. The highest BCUT2D eigenvalue weighted by Gasteiger charge is 2.33. The first-order valence-corrected chi connectivity index (χ1v) is 8.69. The average molecular weight is 289 g/mol. The van der Waals surface area contributed by atoms with Gasteiger partial charge in [-0.15, -0.1) is 0 Å². The van der Waals surface area contributed by atoms with Gasteiger partial charge in [-0.2, -0.15) is 0 Å². The topological polar surface area (TPSA) is 29.9 Å². The third-order valence-corrected chi connectivity index (χ3v) is 5.53. The maximum absolute atomic E-state index is 5.04. The quantitative estimate of drug-likeness (QED) is 0.851. The summed E-state index contributed by atoms with van der Waals surface area (Å²) in [6.45, 7) is 13.8. The summed E-state index contributed by atoms with van der Waals surface area (Å²) in [5.74, 6) is 3.01. The summed E-state index contributed by atoms with van der Waals surface area (Å²) in [6.07, 6.45) is 5.14. The largest absolute Gasteiger partial charge is 0.328 e. The van der Waals surface area contributed by atoms with Gasteiger partial charge in [-0.3, -0.25) is 0 Å². The van der Waals surface area contributed by atoms with Crippen molar-refractivity contribution in [1.29, 1.82) is 0 Å². The third-order valence-electron chi connectivity index (χ3n) is 5.53. The van der Waals surface area contributed by atoms with Crippen LogP contribution in [0, 0.1) is 11.8 Å². The van der Waals surface area contributed by atoms with E-state index in [2.05, 4.69) is 44.5 Å². The fraction of sp³-hybridized carbons (Fsp3) is 0.833. The summed E-state index contributed by atoms with van der Waals surface area (Å²) >= 11 is 0. The van der Waals surface area contributed by atoms with Gasteiger partial charge in [-0.1, -0.05) is 34.6 Å². The van der Waals surface area contributed by atoms with Gasteiger partial charge in [0.05, 0.1) is 5.69 Å². The number of aromatic nitrogens is 2. The second kappa shape index (κ2) is 5.42. The number of imidazole rings is 1. The second-order valence-electron chi connectivity index (χ2n) is 8.30. The predicted molar refractivity (Wildman–Crippen MR) is 87.6 cm³/mol. The molecule has 3 atom stereocenters. The molecule has 0 spiro atoms. The molecule has 0 saturated heterocycles. The van der Waals surface area contributed by atoms with E-state index in [0.29, 0.717) is 6.04 Å². The zero-order chi connectivity index (χ0) is 15.2. The summed E-state index contributed by atoms with van der Waals surface area (Å²) < 4.78 is 2.65. The van der Waals surface area contributed by atoms with Crippen LogP contribution < -0.4 is 5.32 Å². The SMILES string of the molecule is CC1CCC(n2c(C(C)(C)C)nc3c2CCNC3)CC1C. The fourth-order valence-corrected chi connectivity index (χ4v) is 4.01. The summed E-state index contributed by atoms with van der Waals surface area (Å²) in [7, 11) is 0. The summed E-state index contributed by atoms with van der Waals surface area (Å²) in [5.41, 5.74) is 2.95. The molecular formula is C18H31N3. The van der Waals surface area contributed by atoms with E-state index in [9.17, 15) is 0 Å². The Bertz CT molecular complexity index is 509. The highest BCUT2D eigenvalue weighted by Crippen LogP contribution is 2.40. The van der Waals surface area contributed by atoms with Crippen LogP contribution >= 0.6 is 0 Å². The van der Waals surface area contributed by atoms with Gasteiger partial charge in [0.15, 0.2) is 0 Å². The van der Waals surface area contributed by atoms with Crippen LogP contribution in [-0.4, -0.2) is 16.1 Å². The highest BCUT2D eigenvalue weighted by molar-refractivity contribution is 5.24. The molecule has 1 aromatic rings. The molecule has 2 heterocycles. The van der Waals surface area contributed by atoms with E-state index in [1.54, 1.807) is 0 Å². The van der Waals surface area contributed by atoms with Crippen LogP contribution in [0.2, 0.25) is 0 Å². The Hall–Kier alpha value is -0.830. The Morgan fingerprint density at radius 3 is 2.57 bits per heavy atom. The normalized spacial score (nSPS) is 30.2. The van der Waals surface area contributed by atoms with Crippen LogP contribution in [0.25, 0.3) is 0 Å². The Morgan fingerprint density at radius 2 is 1.90 bits per heavy atom. The van der Waals surface area contributed by atoms with E-state index in [1.165, 1.54) is 36.5 Å². The molecule has 21 heavy (non-hydrogen) atoms. The van der Waals surface area contributed by atoms with Crippen molar-refractivity contribution >= 4 is 0 Å². The summed E-state index contributed by atoms with van der Waals surface area (Å²) in [4.78, 5) is 5.04. The van der Waals surface area contributed by atoms with Crippen molar-refractivity contribution in [2.45, 2.75) is 78.3 Å². The zero-order valence-electron chi connectivity index (χ0n) is 14.4. The first-order chi connectivity index (χ1) is 9.88. The number of hydrogen-bond donors (Lipinski definition) is 1. The molecule has 2 aliphatic rings. The molecule has 1 aliphatic heterocycles. The van der Waals surface area contributed by atoms with Crippen LogP contribution in [0.3, 0.4) is 0 Å². The molecule has 3 rings (SSSR count). The number of nitrogens with one attached hydrogen (secondary N) is 1. The molecule has 0 aromatic carbocycles. The lowest BCUT2D eigenvalue weighted by atomic mass is 9.78. The molecule has 1 aromatic heterocycles. The first-order valence-electron chi connectivity index (χ1n) is 8.69. The van der Waals surface area contributed by atoms with Gasteiger partial charge in [0.2, 0.25) is 0 Å². The zero-order valence-corrected chi connectivity index (χ0v) is 14.4. The minimum Gasteiger partial charge on any atom is -0.328 e. The maximum atomic E-state index is 5.04. The Kier molecular flexibility index (Phi) is 3.89. The van der Waals surface area contributed by atoms with E-state index in [0.717, 1.165) is 31.3 Å². The monoisotopic (exact) mass is 289 g/mol. The van der Waals surface area contributed by atoms with E-state index in [4.69, 9.17) is 4.98 Å². The van der Waals surface area contributed by atoms with Crippen LogP contribution in [0.15, 0.2) is 0 Å². The number of fused-ring (bicyclic) bond motifs is 1. The predicted octanol–water partition coefficient (Wildman–Crippen LogP) is 3.82. The number of nitrogens with zero attached hydrogens (tertiary/aromatic N) is 2. The smallest absolute Gasteiger partial charge is 0.114 e. The maximum Gasteiger partial charge on any atom is 0.114 e. The van der Waals surface area contributed by atoms with Crippen LogP contribution in [0.4, 0.5) is 0 Å². The fourth-order valence-electron chi connectivity index (χ4n) is 4.01. The molecule has 3 unspecified atom stereocenters. The van der Waals surface area contributed by atoms with Gasteiger partial charge in [0.25, 0.3) is 0 Å². The molecule has 1 saturated carbocycles. The van der Waals surface area contributed by atoms with E-state index in [-0.39, 0.29) is 5.41 Å². The lowest BCUT2D eigenvalue weighted by Crippen LogP contribution is -2.30. The van der Waals surface area contributed by atoms with Gasteiger partial charge in [0, 0.05) is 36.7 Å². The molecule has 1 aliphatic carbocycles. The van der Waals surface area contributed by atoms with Crippen molar-refractivity contribution in [3.8, 4) is 0 Å². The van der Waals surface area contributed by atoms with Crippen molar-refractivity contribution in [3.05, 3.63) is 17.2 Å². The van der Waals surface area contributed by atoms with Gasteiger partial charge in [-0.05, 0) is 31.1 Å². The Labute approximate surface area is 129 Å². The van der Waals surface area contributed by atoms with Crippen molar-refractivity contribution in [1.82, 2.24) is 14.9 Å². The van der Waals surface area contributed by atoms with Crippen LogP contribution in [0.5, 0.6) is 0 Å². The lowest BCUT2D eigenvalue weighted by molar-refractivity contribution is 0.201. The molecule has 0 amide bonds. The first kappa shape index (κ1) is 15.1. The van der Waals surface area contributed by atoms with Gasteiger partial charge in [-0.25, -0.2) is 4.98 Å². The van der Waals surface area contributed by atoms with Gasteiger partial charge in [0.1, 0.15) is 5.82 Å². The molecule has 118 valence electrons. The van der Waals surface area contributed by atoms with Crippen molar-refractivity contribution in [2.75, 3.05) is 6.54 Å². The molecule has 1 N–H and O–H groups in total. The number of rotatable bonds is 1. The standard InChI is InChI=1S/C18H31N3/c1-12-6-7-14(10-13(12)2)21-16-8-9-19-11-15(16)20-17(21)18(3,4)5/h12-14,19H,6-11H2,1-5H3. The number of hydrogen-bond acceptors (Lipinski definition) is 2. The van der Waals surface area contributed by atoms with Gasteiger partial charge < -0.3 is 9.88 Å². The Balaban J connectivity index is 2.01. The second-order valence-corrected chi connectivity index (χ2v) is 8.30. The molecular weight excluding hydrogens is 258 g/mol. The van der Waals surface area contributed by atoms with Crippen molar-refractivity contribution in [2.24, 2.45) is 11.8 Å². The minimum atomic E-state index is 0.129. The van der Waals surface area contributed by atoms with E-state index < -0.39 is 0 Å². The van der Waals surface area contributed by atoms with Crippen molar-refractivity contribution < 1.29 is 0 Å². The van der Waals surface area contributed by atoms with E-state index in [1.807, 2.05) is 0 Å². The molecule has 3 nitrogen and oxygen atoms in total. The lowest BCUT2D eigenvalue weighted by Gasteiger charge is -2.36. The minimum absolute atomic E-state index is 0.129. The molecule has 0 bridgehead atoms. The van der Waals surface area contributed by atoms with Crippen LogP contribution in [-0.2, 0) is 18.4 Å². The highest BCUT2D eigenvalue weighted by atomic mass is 15.2. The average Bonchev–Trinajstić information content (AvgIpc) is 2.81. The van der Waals surface area contributed by atoms with Gasteiger partial charge >= 0.3 is 0 Å². The third kappa shape index (κ3) is 2.77. The van der Waals surface area contributed by atoms with E-state index >= 15 is 0 Å². The molecule has 0 radical (unpaired) electrons.